The van der Waals surface area contributed by atoms with E-state index in [0.29, 0.717) is 5.56 Å². The van der Waals surface area contributed by atoms with Gasteiger partial charge in [0.2, 0.25) is 0 Å². The van der Waals surface area contributed by atoms with Crippen LogP contribution >= 0.6 is 0 Å². The first-order valence-corrected chi connectivity index (χ1v) is 3.61. The first-order valence-electron chi connectivity index (χ1n) is 3.61. The molecule has 1 heterocycles. The molecule has 0 saturated carbocycles. The van der Waals surface area contributed by atoms with Crippen molar-refractivity contribution < 1.29 is 9.32 Å². The lowest BCUT2D eigenvalue weighted by atomic mass is 10.1. The van der Waals surface area contributed by atoms with Gasteiger partial charge in [0.05, 0.1) is 6.20 Å². The summed E-state index contributed by atoms with van der Waals surface area (Å²) in [5.41, 5.74) is 2.32. The molecule has 60 valence electrons. The van der Waals surface area contributed by atoms with Crippen LogP contribution in [0.3, 0.4) is 0 Å². The fourth-order valence-corrected chi connectivity index (χ4v) is 1.16. The van der Waals surface area contributed by atoms with E-state index in [1.54, 1.807) is 12.3 Å². The van der Waals surface area contributed by atoms with Gasteiger partial charge in [-0.1, -0.05) is 5.16 Å². The quantitative estimate of drug-likeness (QED) is 0.600. The third kappa shape index (κ3) is 0.906. The molecule has 0 saturated heterocycles. The number of carbonyl (C=O) groups is 1. The largest absolute Gasteiger partial charge is 0.356 e. The summed E-state index contributed by atoms with van der Waals surface area (Å²) >= 11 is 0. The summed E-state index contributed by atoms with van der Waals surface area (Å²) in [5.74, 6) is 0. The second-order valence-corrected chi connectivity index (χ2v) is 2.69. The molecule has 0 bridgehead atoms. The Bertz CT molecular complexity index is 431. The van der Waals surface area contributed by atoms with E-state index >= 15 is 0 Å². The highest BCUT2D eigenvalue weighted by atomic mass is 16.5. The number of rotatable bonds is 1. The van der Waals surface area contributed by atoms with Gasteiger partial charge in [-0.25, -0.2) is 0 Å². The first kappa shape index (κ1) is 7.03. The van der Waals surface area contributed by atoms with Crippen LogP contribution in [0.5, 0.6) is 0 Å². The first-order chi connectivity index (χ1) is 5.81. The fraction of sp³-hybridized carbons (Fsp3) is 0.111. The van der Waals surface area contributed by atoms with E-state index in [1.807, 2.05) is 13.0 Å². The van der Waals surface area contributed by atoms with Gasteiger partial charge in [0, 0.05) is 10.9 Å². The van der Waals surface area contributed by atoms with Gasteiger partial charge in [-0.2, -0.15) is 0 Å². The molecule has 0 fully saturated rings. The minimum atomic E-state index is 0.686. The van der Waals surface area contributed by atoms with Crippen molar-refractivity contribution in [2.75, 3.05) is 0 Å². The highest BCUT2D eigenvalue weighted by molar-refractivity contribution is 5.87. The summed E-state index contributed by atoms with van der Waals surface area (Å²) in [4.78, 5) is 10.5. The molecule has 0 amide bonds. The maximum Gasteiger partial charge on any atom is 0.167 e. The summed E-state index contributed by atoms with van der Waals surface area (Å²) in [6, 6.07) is 3.58. The molecule has 0 radical (unpaired) electrons. The summed E-state index contributed by atoms with van der Waals surface area (Å²) in [5, 5.41) is 4.49. The Balaban J connectivity index is 2.81. The Labute approximate surface area is 69.0 Å². The minimum Gasteiger partial charge on any atom is -0.356 e. The highest BCUT2D eigenvalue weighted by Crippen LogP contribution is 2.17. The number of hydrogen-bond acceptors (Lipinski definition) is 3. The molecule has 3 heteroatoms. The van der Waals surface area contributed by atoms with Crippen LogP contribution in [0.1, 0.15) is 15.9 Å². The summed E-state index contributed by atoms with van der Waals surface area (Å²) in [6.07, 6.45) is 2.43. The molecule has 0 aliphatic carbocycles. The van der Waals surface area contributed by atoms with Crippen LogP contribution in [-0.2, 0) is 0 Å². The standard InChI is InChI=1S/C9H7NO2/c1-6-2-9-7(4-10-12-9)3-8(6)5-11/h2-5H,1H3. The number of benzene rings is 1. The number of carbonyl (C=O) groups excluding carboxylic acids is 1. The molecule has 1 aromatic carbocycles. The maximum absolute atomic E-state index is 10.5. The second kappa shape index (κ2) is 2.44. The molecule has 2 aromatic rings. The number of aldehydes is 1. The van der Waals surface area contributed by atoms with Gasteiger partial charge in [0.15, 0.2) is 5.58 Å². The van der Waals surface area contributed by atoms with Crippen molar-refractivity contribution >= 4 is 17.3 Å². The molecule has 2 rings (SSSR count). The number of nitrogens with zero attached hydrogens (tertiary/aromatic N) is 1. The van der Waals surface area contributed by atoms with E-state index in [-0.39, 0.29) is 0 Å². The third-order valence-electron chi connectivity index (χ3n) is 1.87. The molecule has 0 N–H and O–H groups in total. The molecule has 12 heavy (non-hydrogen) atoms. The van der Waals surface area contributed by atoms with Crippen LogP contribution in [0.25, 0.3) is 11.0 Å². The van der Waals surface area contributed by atoms with Crippen LogP contribution in [0.2, 0.25) is 0 Å². The van der Waals surface area contributed by atoms with E-state index < -0.39 is 0 Å². The molecule has 0 unspecified atom stereocenters. The lowest BCUT2D eigenvalue weighted by molar-refractivity contribution is 0.112. The van der Waals surface area contributed by atoms with E-state index in [1.165, 1.54) is 0 Å². The maximum atomic E-state index is 10.5. The molecule has 1 aromatic heterocycles. The van der Waals surface area contributed by atoms with E-state index in [9.17, 15) is 4.79 Å². The Morgan fingerprint density at radius 2 is 2.33 bits per heavy atom. The Morgan fingerprint density at radius 1 is 1.50 bits per heavy atom. The van der Waals surface area contributed by atoms with Crippen molar-refractivity contribution in [1.29, 1.82) is 0 Å². The minimum absolute atomic E-state index is 0.686. The second-order valence-electron chi connectivity index (χ2n) is 2.69. The molecule has 0 aliphatic rings. The van der Waals surface area contributed by atoms with Crippen LogP contribution in [0.15, 0.2) is 22.9 Å². The molecule has 0 spiro atoms. The highest BCUT2D eigenvalue weighted by Gasteiger charge is 2.02. The van der Waals surface area contributed by atoms with Gasteiger partial charge >= 0.3 is 0 Å². The fourth-order valence-electron chi connectivity index (χ4n) is 1.16. The monoisotopic (exact) mass is 161 g/mol. The molecule has 3 nitrogen and oxygen atoms in total. The average Bonchev–Trinajstić information content (AvgIpc) is 2.49. The zero-order valence-corrected chi connectivity index (χ0v) is 6.57. The number of aromatic nitrogens is 1. The lowest BCUT2D eigenvalue weighted by Gasteiger charge is -1.95. The Kier molecular flexibility index (Phi) is 1.43. The summed E-state index contributed by atoms with van der Waals surface area (Å²) in [7, 11) is 0. The molecular weight excluding hydrogens is 154 g/mol. The van der Waals surface area contributed by atoms with Crippen molar-refractivity contribution in [2.24, 2.45) is 0 Å². The number of aryl methyl sites for hydroxylation is 1. The van der Waals surface area contributed by atoms with Gasteiger partial charge < -0.3 is 4.52 Å². The summed E-state index contributed by atoms with van der Waals surface area (Å²) < 4.78 is 4.93. The van der Waals surface area contributed by atoms with Crippen LogP contribution in [-0.4, -0.2) is 11.4 Å². The predicted molar refractivity (Wildman–Crippen MR) is 44.1 cm³/mol. The van der Waals surface area contributed by atoms with Crippen molar-refractivity contribution in [2.45, 2.75) is 6.92 Å². The van der Waals surface area contributed by atoms with Crippen LogP contribution in [0.4, 0.5) is 0 Å². The van der Waals surface area contributed by atoms with Crippen molar-refractivity contribution in [1.82, 2.24) is 5.16 Å². The zero-order chi connectivity index (χ0) is 8.55. The van der Waals surface area contributed by atoms with Gasteiger partial charge in [-0.3, -0.25) is 4.79 Å². The SMILES string of the molecule is Cc1cc2oncc2cc1C=O. The molecular formula is C9H7NO2. The smallest absolute Gasteiger partial charge is 0.167 e. The lowest BCUT2D eigenvalue weighted by Crippen LogP contribution is -1.84. The van der Waals surface area contributed by atoms with E-state index in [0.717, 1.165) is 22.8 Å². The number of hydrogen-bond donors (Lipinski definition) is 0. The average molecular weight is 161 g/mol. The van der Waals surface area contributed by atoms with Crippen LogP contribution in [0, 0.1) is 6.92 Å². The molecule has 0 aliphatic heterocycles. The van der Waals surface area contributed by atoms with Crippen molar-refractivity contribution in [3.05, 3.63) is 29.5 Å². The van der Waals surface area contributed by atoms with E-state index in [4.69, 9.17) is 4.52 Å². The predicted octanol–water partition coefficient (Wildman–Crippen LogP) is 1.95. The Morgan fingerprint density at radius 3 is 3.08 bits per heavy atom. The van der Waals surface area contributed by atoms with Gasteiger partial charge in [-0.15, -0.1) is 0 Å². The van der Waals surface area contributed by atoms with Crippen molar-refractivity contribution in [3.8, 4) is 0 Å². The van der Waals surface area contributed by atoms with Crippen LogP contribution < -0.4 is 0 Å². The normalized spacial score (nSPS) is 10.4. The van der Waals surface area contributed by atoms with Gasteiger partial charge in [0.25, 0.3) is 0 Å². The van der Waals surface area contributed by atoms with Gasteiger partial charge in [0.1, 0.15) is 6.29 Å². The summed E-state index contributed by atoms with van der Waals surface area (Å²) in [6.45, 7) is 1.87. The van der Waals surface area contributed by atoms with Gasteiger partial charge in [-0.05, 0) is 24.6 Å². The Hall–Kier alpha value is -1.64. The number of fused-ring (bicyclic) bond motifs is 1. The van der Waals surface area contributed by atoms with E-state index in [2.05, 4.69) is 5.16 Å². The topological polar surface area (TPSA) is 43.1 Å². The molecule has 0 atom stereocenters. The van der Waals surface area contributed by atoms with Crippen molar-refractivity contribution in [3.63, 3.8) is 0 Å². The third-order valence-corrected chi connectivity index (χ3v) is 1.87. The zero-order valence-electron chi connectivity index (χ0n) is 6.57.